The van der Waals surface area contributed by atoms with Crippen molar-refractivity contribution in [2.45, 2.75) is 50.9 Å². The largest absolute Gasteiger partial charge is 0.509 e. The highest BCUT2D eigenvalue weighted by atomic mass is 35.5. The number of carbonyl (C=O) groups is 1. The van der Waals surface area contributed by atoms with Crippen LogP contribution in [0.25, 0.3) is 16.7 Å². The van der Waals surface area contributed by atoms with Crippen molar-refractivity contribution in [3.63, 3.8) is 0 Å². The van der Waals surface area contributed by atoms with E-state index in [9.17, 15) is 9.90 Å². The van der Waals surface area contributed by atoms with Gasteiger partial charge in [0.05, 0.1) is 24.3 Å². The summed E-state index contributed by atoms with van der Waals surface area (Å²) in [6.07, 6.45) is 2.47. The van der Waals surface area contributed by atoms with Crippen LogP contribution in [-0.4, -0.2) is 35.6 Å². The highest BCUT2D eigenvalue weighted by molar-refractivity contribution is 6.30. The predicted molar refractivity (Wildman–Crippen MR) is 120 cm³/mol. The van der Waals surface area contributed by atoms with E-state index in [1.165, 1.54) is 0 Å². The first-order valence-corrected chi connectivity index (χ1v) is 11.1. The van der Waals surface area contributed by atoms with Crippen molar-refractivity contribution < 1.29 is 19.4 Å². The highest BCUT2D eigenvalue weighted by Gasteiger charge is 2.53. The standard InChI is InChI=1S/C25H26ClNO4/c1-15-3-8-19(17-4-6-18(26)7-5-17)16(2)20(15)21-22(28)24(27-23(21)29)9-11-25(12-10-24)30-13-14-31-25/h3-8,28H,9-14H2,1-2H3,(H,27,29). The Labute approximate surface area is 187 Å². The van der Waals surface area contributed by atoms with Gasteiger partial charge in [-0.3, -0.25) is 4.79 Å². The maximum Gasteiger partial charge on any atom is 0.256 e. The first-order chi connectivity index (χ1) is 14.8. The predicted octanol–water partition coefficient (Wildman–Crippen LogP) is 5.08. The van der Waals surface area contributed by atoms with Gasteiger partial charge in [-0.2, -0.15) is 0 Å². The van der Waals surface area contributed by atoms with Gasteiger partial charge in [0.15, 0.2) is 5.79 Å². The molecule has 3 aliphatic rings. The van der Waals surface area contributed by atoms with Gasteiger partial charge in [0.25, 0.3) is 5.91 Å². The molecule has 2 aliphatic heterocycles. The van der Waals surface area contributed by atoms with Crippen molar-refractivity contribution in [1.82, 2.24) is 5.32 Å². The molecule has 5 rings (SSSR count). The maximum atomic E-state index is 13.2. The van der Waals surface area contributed by atoms with Gasteiger partial charge in [-0.15, -0.1) is 0 Å². The fourth-order valence-corrected chi connectivity index (χ4v) is 5.42. The molecule has 6 heteroatoms. The number of carbonyl (C=O) groups excluding carboxylic acids is 1. The van der Waals surface area contributed by atoms with Crippen LogP contribution in [0.3, 0.4) is 0 Å². The van der Waals surface area contributed by atoms with Gasteiger partial charge in [0, 0.05) is 17.9 Å². The van der Waals surface area contributed by atoms with Crippen LogP contribution >= 0.6 is 11.6 Å². The minimum absolute atomic E-state index is 0.143. The number of hydrogen-bond donors (Lipinski definition) is 2. The Hall–Kier alpha value is -2.34. The Kier molecular flexibility index (Phi) is 4.88. The first-order valence-electron chi connectivity index (χ1n) is 10.7. The summed E-state index contributed by atoms with van der Waals surface area (Å²) < 4.78 is 11.7. The third-order valence-corrected chi connectivity index (χ3v) is 7.28. The molecule has 0 aromatic heterocycles. The molecule has 1 amide bonds. The van der Waals surface area contributed by atoms with Crippen molar-refractivity contribution in [1.29, 1.82) is 0 Å². The van der Waals surface area contributed by atoms with Crippen molar-refractivity contribution in [3.05, 3.63) is 63.9 Å². The summed E-state index contributed by atoms with van der Waals surface area (Å²) in [4.78, 5) is 13.2. The molecular weight excluding hydrogens is 414 g/mol. The molecule has 0 radical (unpaired) electrons. The highest BCUT2D eigenvalue weighted by Crippen LogP contribution is 2.47. The van der Waals surface area contributed by atoms with Crippen LogP contribution in [0.1, 0.15) is 42.4 Å². The van der Waals surface area contributed by atoms with Gasteiger partial charge in [-0.05, 0) is 66.6 Å². The van der Waals surface area contributed by atoms with Crippen molar-refractivity contribution in [2.75, 3.05) is 13.2 Å². The number of nitrogens with one attached hydrogen (secondary N) is 1. The van der Waals surface area contributed by atoms with E-state index in [0.29, 0.717) is 49.5 Å². The van der Waals surface area contributed by atoms with Crippen LogP contribution in [-0.2, 0) is 14.3 Å². The Morgan fingerprint density at radius 2 is 1.61 bits per heavy atom. The first kappa shape index (κ1) is 20.6. The van der Waals surface area contributed by atoms with Gasteiger partial charge in [0.1, 0.15) is 5.76 Å². The van der Waals surface area contributed by atoms with Crippen molar-refractivity contribution in [3.8, 4) is 11.1 Å². The lowest BCUT2D eigenvalue weighted by molar-refractivity contribution is -0.185. The summed E-state index contributed by atoms with van der Waals surface area (Å²) in [5, 5.41) is 15.1. The second-order valence-electron chi connectivity index (χ2n) is 8.80. The third-order valence-electron chi connectivity index (χ3n) is 7.03. The average Bonchev–Trinajstić information content (AvgIpc) is 3.30. The second kappa shape index (κ2) is 7.37. The number of aliphatic hydroxyl groups is 1. The van der Waals surface area contributed by atoms with E-state index in [0.717, 1.165) is 27.8 Å². The molecule has 162 valence electrons. The number of rotatable bonds is 2. The van der Waals surface area contributed by atoms with Gasteiger partial charge in [-0.25, -0.2) is 0 Å². The summed E-state index contributed by atoms with van der Waals surface area (Å²) in [6.45, 7) is 5.17. The molecule has 5 nitrogen and oxygen atoms in total. The van der Waals surface area contributed by atoms with E-state index in [1.54, 1.807) is 0 Å². The van der Waals surface area contributed by atoms with E-state index in [2.05, 4.69) is 11.4 Å². The molecule has 31 heavy (non-hydrogen) atoms. The molecule has 0 atom stereocenters. The molecule has 1 saturated heterocycles. The molecule has 2 aromatic rings. The fraction of sp³-hybridized carbons (Fsp3) is 0.400. The zero-order chi connectivity index (χ0) is 21.8. The van der Waals surface area contributed by atoms with Crippen molar-refractivity contribution >= 4 is 23.1 Å². The van der Waals surface area contributed by atoms with Gasteiger partial charge < -0.3 is 19.9 Å². The minimum atomic E-state index is -0.748. The van der Waals surface area contributed by atoms with E-state index in [4.69, 9.17) is 21.1 Å². The smallest absolute Gasteiger partial charge is 0.256 e. The molecule has 2 aromatic carbocycles. The number of aliphatic hydroxyl groups excluding tert-OH is 1. The summed E-state index contributed by atoms with van der Waals surface area (Å²) in [5.41, 5.74) is 4.39. The molecule has 0 bridgehead atoms. The number of benzene rings is 2. The zero-order valence-electron chi connectivity index (χ0n) is 17.8. The lowest BCUT2D eigenvalue weighted by atomic mass is 9.77. The topological polar surface area (TPSA) is 67.8 Å². The maximum absolute atomic E-state index is 13.2. The number of halogens is 1. The van der Waals surface area contributed by atoms with Crippen LogP contribution in [0.4, 0.5) is 0 Å². The van der Waals surface area contributed by atoms with Gasteiger partial charge in [-0.1, -0.05) is 35.9 Å². The Balaban J connectivity index is 1.55. The molecular formula is C25H26ClNO4. The quantitative estimate of drug-likeness (QED) is 0.684. The summed E-state index contributed by atoms with van der Waals surface area (Å²) in [5.74, 6) is -0.634. The molecule has 2 fully saturated rings. The molecule has 2 N–H and O–H groups in total. The van der Waals surface area contributed by atoms with E-state index in [1.807, 2.05) is 44.2 Å². The van der Waals surface area contributed by atoms with E-state index in [-0.39, 0.29) is 11.7 Å². The molecule has 1 aliphatic carbocycles. The van der Waals surface area contributed by atoms with Crippen LogP contribution in [0.5, 0.6) is 0 Å². The Morgan fingerprint density at radius 1 is 0.968 bits per heavy atom. The summed E-state index contributed by atoms with van der Waals surface area (Å²) in [6, 6.07) is 11.7. The molecule has 2 heterocycles. The Morgan fingerprint density at radius 3 is 2.26 bits per heavy atom. The fourth-order valence-electron chi connectivity index (χ4n) is 5.30. The van der Waals surface area contributed by atoms with Gasteiger partial charge >= 0.3 is 0 Å². The van der Waals surface area contributed by atoms with E-state index < -0.39 is 11.3 Å². The average molecular weight is 440 g/mol. The lowest BCUT2D eigenvalue weighted by Gasteiger charge is -2.41. The lowest BCUT2D eigenvalue weighted by Crippen LogP contribution is -2.51. The minimum Gasteiger partial charge on any atom is -0.509 e. The second-order valence-corrected chi connectivity index (χ2v) is 9.24. The monoisotopic (exact) mass is 439 g/mol. The zero-order valence-corrected chi connectivity index (χ0v) is 18.5. The number of aryl methyl sites for hydroxylation is 1. The number of amides is 1. The molecule has 0 unspecified atom stereocenters. The van der Waals surface area contributed by atoms with Crippen LogP contribution in [0.15, 0.2) is 42.2 Å². The van der Waals surface area contributed by atoms with Crippen molar-refractivity contribution in [2.24, 2.45) is 0 Å². The number of ether oxygens (including phenoxy) is 2. The normalized spacial score (nSPS) is 21.8. The third kappa shape index (κ3) is 3.27. The van der Waals surface area contributed by atoms with E-state index >= 15 is 0 Å². The van der Waals surface area contributed by atoms with Crippen LogP contribution < -0.4 is 5.32 Å². The molecule has 1 saturated carbocycles. The van der Waals surface area contributed by atoms with Gasteiger partial charge in [0.2, 0.25) is 0 Å². The summed E-state index contributed by atoms with van der Waals surface area (Å²) in [7, 11) is 0. The molecule has 2 spiro atoms. The Bertz CT molecular complexity index is 1070. The number of hydrogen-bond acceptors (Lipinski definition) is 4. The van der Waals surface area contributed by atoms with Crippen LogP contribution in [0.2, 0.25) is 5.02 Å². The van der Waals surface area contributed by atoms with Crippen LogP contribution in [0, 0.1) is 13.8 Å². The summed E-state index contributed by atoms with van der Waals surface area (Å²) >= 11 is 6.05. The SMILES string of the molecule is Cc1ccc(-c2ccc(Cl)cc2)c(C)c1C1=C(O)C2(CCC3(CC2)OCCO3)NC1=O.